The molecule has 23 heavy (non-hydrogen) atoms. The van der Waals surface area contributed by atoms with E-state index in [1.54, 1.807) is 36.1 Å². The van der Waals surface area contributed by atoms with Gasteiger partial charge in [-0.15, -0.1) is 0 Å². The van der Waals surface area contributed by atoms with Crippen molar-refractivity contribution in [3.63, 3.8) is 0 Å². The van der Waals surface area contributed by atoms with E-state index >= 15 is 0 Å². The Morgan fingerprint density at radius 1 is 1.30 bits per heavy atom. The minimum atomic E-state index is -0.135. The number of hydrogen-bond donors (Lipinski definition) is 1. The molecule has 2 rings (SSSR count). The second-order valence-corrected chi connectivity index (χ2v) is 7.16. The summed E-state index contributed by atoms with van der Waals surface area (Å²) in [6.45, 7) is 8.59. The molecule has 1 heterocycles. The number of anilines is 1. The normalized spacial score (nSPS) is 21.3. The highest BCUT2D eigenvalue weighted by atomic mass is 16.2. The zero-order valence-corrected chi connectivity index (χ0v) is 14.7. The molecule has 1 aromatic carbocycles. The quantitative estimate of drug-likeness (QED) is 0.683. The highest BCUT2D eigenvalue weighted by molar-refractivity contribution is 5.94. The Bertz CT molecular complexity index is 611. The Kier molecular flexibility index (Phi) is 4.53. The summed E-state index contributed by atoms with van der Waals surface area (Å²) in [6, 6.07) is 7.55. The smallest absolute Gasteiger partial charge is 0.253 e. The first-order chi connectivity index (χ1) is 10.7. The van der Waals surface area contributed by atoms with Crippen LogP contribution in [0.3, 0.4) is 0 Å². The molecule has 0 aliphatic carbocycles. The Morgan fingerprint density at radius 3 is 2.30 bits per heavy atom. The van der Waals surface area contributed by atoms with Gasteiger partial charge in [-0.05, 0) is 36.6 Å². The molecule has 1 aromatic rings. The number of nitrogens with zero attached hydrogens (tertiary/aromatic N) is 4. The molecule has 1 N–H and O–H groups in total. The molecule has 0 saturated carbocycles. The summed E-state index contributed by atoms with van der Waals surface area (Å²) in [5.74, 6) is -0.0235. The lowest BCUT2D eigenvalue weighted by atomic mass is 9.88. The van der Waals surface area contributed by atoms with Gasteiger partial charge in [0, 0.05) is 31.4 Å². The summed E-state index contributed by atoms with van der Waals surface area (Å²) in [5.41, 5.74) is 1.61. The van der Waals surface area contributed by atoms with Gasteiger partial charge >= 0.3 is 0 Å². The fourth-order valence-electron chi connectivity index (χ4n) is 2.33. The standard InChI is InChI=1S/C17H25N5O/c1-12(17(2,3)4)22-16(21(22)11-18)19-14-9-7-13(8-10-14)15(23)20(5)6/h7-10,12,16,19H,1-6H3. The molecule has 124 valence electrons. The number of nitriles is 1. The molecule has 6 heteroatoms. The van der Waals surface area contributed by atoms with E-state index in [-0.39, 0.29) is 23.7 Å². The average molecular weight is 315 g/mol. The maximum absolute atomic E-state index is 11.9. The third-order valence-electron chi connectivity index (χ3n) is 4.26. The molecule has 0 radical (unpaired) electrons. The van der Waals surface area contributed by atoms with Crippen LogP contribution in [-0.2, 0) is 0 Å². The second kappa shape index (κ2) is 6.09. The van der Waals surface area contributed by atoms with Crippen molar-refractivity contribution in [1.29, 1.82) is 5.26 Å². The van der Waals surface area contributed by atoms with Gasteiger partial charge in [0.1, 0.15) is 0 Å². The van der Waals surface area contributed by atoms with Gasteiger partial charge in [-0.2, -0.15) is 15.3 Å². The maximum Gasteiger partial charge on any atom is 0.253 e. The van der Waals surface area contributed by atoms with Crippen LogP contribution in [0.5, 0.6) is 0 Å². The Morgan fingerprint density at radius 2 is 1.87 bits per heavy atom. The van der Waals surface area contributed by atoms with Gasteiger partial charge < -0.3 is 10.2 Å². The van der Waals surface area contributed by atoms with Crippen molar-refractivity contribution in [3.8, 4) is 6.19 Å². The highest BCUT2D eigenvalue weighted by Crippen LogP contribution is 2.36. The predicted octanol–water partition coefficient (Wildman–Crippen LogP) is 2.53. The number of nitrogens with one attached hydrogen (secondary N) is 1. The first-order valence-electron chi connectivity index (χ1n) is 7.72. The summed E-state index contributed by atoms with van der Waals surface area (Å²) in [7, 11) is 3.46. The van der Waals surface area contributed by atoms with Crippen LogP contribution in [0.15, 0.2) is 24.3 Å². The van der Waals surface area contributed by atoms with E-state index in [0.717, 1.165) is 5.69 Å². The summed E-state index contributed by atoms with van der Waals surface area (Å²) in [4.78, 5) is 13.4. The fourth-order valence-corrected chi connectivity index (χ4v) is 2.33. The lowest BCUT2D eigenvalue weighted by Crippen LogP contribution is -2.33. The van der Waals surface area contributed by atoms with Crippen LogP contribution in [0.25, 0.3) is 0 Å². The monoisotopic (exact) mass is 315 g/mol. The molecule has 0 spiro atoms. The van der Waals surface area contributed by atoms with E-state index in [4.69, 9.17) is 0 Å². The Labute approximate surface area is 138 Å². The van der Waals surface area contributed by atoms with Gasteiger partial charge in [0.25, 0.3) is 5.91 Å². The molecule has 3 atom stereocenters. The molecule has 1 amide bonds. The van der Waals surface area contributed by atoms with Crippen molar-refractivity contribution in [1.82, 2.24) is 14.9 Å². The van der Waals surface area contributed by atoms with Crippen LogP contribution in [0, 0.1) is 16.9 Å². The molecule has 1 aliphatic rings. The van der Waals surface area contributed by atoms with Crippen molar-refractivity contribution in [2.75, 3.05) is 19.4 Å². The minimum absolute atomic E-state index is 0.0235. The van der Waals surface area contributed by atoms with Crippen LogP contribution >= 0.6 is 0 Å². The highest BCUT2D eigenvalue weighted by Gasteiger charge is 2.51. The summed E-state index contributed by atoms with van der Waals surface area (Å²) >= 11 is 0. The summed E-state index contributed by atoms with van der Waals surface area (Å²) in [5, 5.41) is 16.2. The van der Waals surface area contributed by atoms with Crippen LogP contribution < -0.4 is 5.32 Å². The number of carbonyl (C=O) groups excluding carboxylic acids is 1. The van der Waals surface area contributed by atoms with Crippen LogP contribution in [0.1, 0.15) is 38.1 Å². The average Bonchev–Trinajstić information content (AvgIpc) is 3.17. The maximum atomic E-state index is 11.9. The van der Waals surface area contributed by atoms with E-state index in [9.17, 15) is 10.1 Å². The minimum Gasteiger partial charge on any atom is -0.350 e. The van der Waals surface area contributed by atoms with Gasteiger partial charge in [0.2, 0.25) is 0 Å². The van der Waals surface area contributed by atoms with Crippen LogP contribution in [0.2, 0.25) is 0 Å². The zero-order chi connectivity index (χ0) is 17.4. The van der Waals surface area contributed by atoms with E-state index in [1.807, 2.05) is 17.1 Å². The lowest BCUT2D eigenvalue weighted by molar-refractivity contribution is 0.0827. The van der Waals surface area contributed by atoms with Gasteiger partial charge in [0.05, 0.1) is 0 Å². The molecule has 0 aromatic heterocycles. The SMILES string of the molecule is CC(N1C(Nc2ccc(C(=O)N(C)C)cc2)N1C#N)C(C)(C)C. The largest absolute Gasteiger partial charge is 0.350 e. The molecule has 1 saturated heterocycles. The third kappa shape index (κ3) is 3.57. The zero-order valence-electron chi connectivity index (χ0n) is 14.7. The predicted molar refractivity (Wildman–Crippen MR) is 90.1 cm³/mol. The number of hydrogen-bond acceptors (Lipinski definition) is 5. The van der Waals surface area contributed by atoms with E-state index < -0.39 is 0 Å². The van der Waals surface area contributed by atoms with Crippen molar-refractivity contribution >= 4 is 11.6 Å². The van der Waals surface area contributed by atoms with E-state index in [0.29, 0.717) is 5.56 Å². The van der Waals surface area contributed by atoms with Gasteiger partial charge in [-0.1, -0.05) is 20.8 Å². The topological polar surface area (TPSA) is 62.1 Å². The van der Waals surface area contributed by atoms with Crippen LogP contribution in [0.4, 0.5) is 5.69 Å². The number of amides is 1. The van der Waals surface area contributed by atoms with Crippen LogP contribution in [-0.4, -0.2) is 47.3 Å². The molecule has 6 nitrogen and oxygen atoms in total. The lowest BCUT2D eigenvalue weighted by Gasteiger charge is -2.27. The van der Waals surface area contributed by atoms with Gasteiger partial charge in [0.15, 0.2) is 12.5 Å². The van der Waals surface area contributed by atoms with Gasteiger partial charge in [-0.3, -0.25) is 4.79 Å². The second-order valence-electron chi connectivity index (χ2n) is 7.16. The number of carbonyl (C=O) groups is 1. The third-order valence-corrected chi connectivity index (χ3v) is 4.26. The van der Waals surface area contributed by atoms with Gasteiger partial charge in [-0.25, -0.2) is 0 Å². The van der Waals surface area contributed by atoms with Crippen molar-refractivity contribution < 1.29 is 4.79 Å². The molecule has 0 bridgehead atoms. The molecule has 1 aliphatic heterocycles. The summed E-state index contributed by atoms with van der Waals surface area (Å²) < 4.78 is 0. The van der Waals surface area contributed by atoms with Crippen molar-refractivity contribution in [2.45, 2.75) is 40.0 Å². The molecule has 3 unspecified atom stereocenters. The summed E-state index contributed by atoms with van der Waals surface area (Å²) in [6.07, 6.45) is 2.06. The molecular weight excluding hydrogens is 290 g/mol. The van der Waals surface area contributed by atoms with E-state index in [2.05, 4.69) is 39.2 Å². The Balaban J connectivity index is 2.05. The molecule has 1 fully saturated rings. The molecular formula is C17H25N5O. The first kappa shape index (κ1) is 17.1. The first-order valence-corrected chi connectivity index (χ1v) is 7.72. The number of rotatable bonds is 4. The van der Waals surface area contributed by atoms with E-state index in [1.165, 1.54) is 0 Å². The van der Waals surface area contributed by atoms with Crippen molar-refractivity contribution in [2.24, 2.45) is 5.41 Å². The fraction of sp³-hybridized carbons (Fsp3) is 0.529. The Hall–Kier alpha value is -2.26. The number of hydrazine groups is 1. The number of benzene rings is 1. The van der Waals surface area contributed by atoms with Crippen molar-refractivity contribution in [3.05, 3.63) is 29.8 Å².